The molecule has 1 aromatic heterocycles. The fraction of sp³-hybridized carbons (Fsp3) is 0.368. The second-order valence-corrected chi connectivity index (χ2v) is 6.00. The van der Waals surface area contributed by atoms with Gasteiger partial charge in [0.25, 0.3) is 0 Å². The molecule has 5 nitrogen and oxygen atoms in total. The van der Waals surface area contributed by atoms with Crippen LogP contribution in [0.1, 0.15) is 17.5 Å². The van der Waals surface area contributed by atoms with E-state index in [-0.39, 0.29) is 11.8 Å². The zero-order valence-electron chi connectivity index (χ0n) is 13.8. The zero-order chi connectivity index (χ0) is 16.8. The van der Waals surface area contributed by atoms with Crippen LogP contribution in [-0.4, -0.2) is 31.2 Å². The van der Waals surface area contributed by atoms with Crippen LogP contribution in [0.2, 0.25) is 0 Å². The molecule has 126 valence electrons. The van der Waals surface area contributed by atoms with Gasteiger partial charge in [0.05, 0.1) is 13.7 Å². The second-order valence-electron chi connectivity index (χ2n) is 6.00. The molecule has 3 rings (SSSR count). The van der Waals surface area contributed by atoms with Gasteiger partial charge < -0.3 is 14.8 Å². The van der Waals surface area contributed by atoms with Crippen molar-refractivity contribution in [1.29, 1.82) is 0 Å². The molecule has 0 fully saturated rings. The van der Waals surface area contributed by atoms with Gasteiger partial charge in [-0.2, -0.15) is 0 Å². The Kier molecular flexibility index (Phi) is 5.31. The minimum Gasteiger partial charge on any atom is -0.493 e. The standard InChI is InChI=1S/C19H22N2O3/c1-23-17-6-2-5-16-10-15(13-24-19(16)17)12-21-18(22)8-7-14-4-3-9-20-11-14/h2-6,9,11,15H,7-8,10,12-13H2,1H3,(H,21,22). The number of para-hydroxylation sites is 1. The van der Waals surface area contributed by atoms with Gasteiger partial charge in [0.1, 0.15) is 0 Å². The average molecular weight is 326 g/mol. The first kappa shape index (κ1) is 16.3. The molecule has 1 atom stereocenters. The summed E-state index contributed by atoms with van der Waals surface area (Å²) in [6, 6.07) is 9.79. The molecule has 0 radical (unpaired) electrons. The van der Waals surface area contributed by atoms with Crippen LogP contribution in [0.4, 0.5) is 0 Å². The van der Waals surface area contributed by atoms with Gasteiger partial charge in [-0.25, -0.2) is 0 Å². The lowest BCUT2D eigenvalue weighted by atomic mass is 9.96. The highest BCUT2D eigenvalue weighted by Gasteiger charge is 2.22. The number of hydrogen-bond acceptors (Lipinski definition) is 4. The van der Waals surface area contributed by atoms with Gasteiger partial charge in [0, 0.05) is 31.3 Å². The summed E-state index contributed by atoms with van der Waals surface area (Å²) in [5.41, 5.74) is 2.21. The normalized spacial score (nSPS) is 16.0. The van der Waals surface area contributed by atoms with Crippen LogP contribution in [0.15, 0.2) is 42.7 Å². The van der Waals surface area contributed by atoms with Crippen molar-refractivity contribution in [2.75, 3.05) is 20.3 Å². The van der Waals surface area contributed by atoms with Crippen molar-refractivity contribution in [2.45, 2.75) is 19.3 Å². The van der Waals surface area contributed by atoms with Crippen LogP contribution in [0.25, 0.3) is 0 Å². The van der Waals surface area contributed by atoms with Gasteiger partial charge >= 0.3 is 0 Å². The predicted molar refractivity (Wildman–Crippen MR) is 91.3 cm³/mol. The number of aryl methyl sites for hydroxylation is 1. The molecule has 1 unspecified atom stereocenters. The maximum atomic E-state index is 12.0. The highest BCUT2D eigenvalue weighted by molar-refractivity contribution is 5.76. The lowest BCUT2D eigenvalue weighted by Gasteiger charge is -2.26. The lowest BCUT2D eigenvalue weighted by molar-refractivity contribution is -0.121. The monoisotopic (exact) mass is 326 g/mol. The molecular weight excluding hydrogens is 304 g/mol. The number of pyridine rings is 1. The van der Waals surface area contributed by atoms with E-state index in [4.69, 9.17) is 9.47 Å². The Morgan fingerprint density at radius 2 is 2.29 bits per heavy atom. The number of nitrogens with one attached hydrogen (secondary N) is 1. The third-order valence-corrected chi connectivity index (χ3v) is 4.20. The molecule has 0 saturated carbocycles. The van der Waals surface area contributed by atoms with Crippen molar-refractivity contribution in [3.63, 3.8) is 0 Å². The van der Waals surface area contributed by atoms with Gasteiger partial charge in [-0.3, -0.25) is 9.78 Å². The van der Waals surface area contributed by atoms with Crippen LogP contribution in [0.3, 0.4) is 0 Å². The van der Waals surface area contributed by atoms with Crippen LogP contribution in [0, 0.1) is 5.92 Å². The fourth-order valence-corrected chi connectivity index (χ4v) is 2.90. The number of carbonyl (C=O) groups is 1. The summed E-state index contributed by atoms with van der Waals surface area (Å²) < 4.78 is 11.2. The Labute approximate surface area is 142 Å². The van der Waals surface area contributed by atoms with Crippen molar-refractivity contribution in [3.8, 4) is 11.5 Å². The summed E-state index contributed by atoms with van der Waals surface area (Å²) in [6.07, 6.45) is 5.60. The summed E-state index contributed by atoms with van der Waals surface area (Å²) in [4.78, 5) is 16.1. The molecule has 1 aromatic carbocycles. The van der Waals surface area contributed by atoms with Crippen molar-refractivity contribution >= 4 is 5.91 Å². The molecule has 1 N–H and O–H groups in total. The molecule has 2 heterocycles. The Morgan fingerprint density at radius 1 is 1.38 bits per heavy atom. The van der Waals surface area contributed by atoms with Gasteiger partial charge in [-0.15, -0.1) is 0 Å². The SMILES string of the molecule is COc1cccc2c1OCC(CNC(=O)CCc1cccnc1)C2. The molecule has 1 amide bonds. The van der Waals surface area contributed by atoms with Crippen molar-refractivity contribution in [1.82, 2.24) is 10.3 Å². The molecule has 1 aliphatic rings. The molecule has 5 heteroatoms. The first-order chi connectivity index (χ1) is 11.8. The number of benzene rings is 1. The van der Waals surface area contributed by atoms with E-state index < -0.39 is 0 Å². The number of hydrogen-bond donors (Lipinski definition) is 1. The topological polar surface area (TPSA) is 60.5 Å². The van der Waals surface area contributed by atoms with E-state index in [2.05, 4.69) is 10.3 Å². The quantitative estimate of drug-likeness (QED) is 0.885. The van der Waals surface area contributed by atoms with Gasteiger partial charge in [-0.05, 0) is 36.1 Å². The van der Waals surface area contributed by atoms with Crippen molar-refractivity contribution < 1.29 is 14.3 Å². The number of methoxy groups -OCH3 is 1. The van der Waals surface area contributed by atoms with E-state index >= 15 is 0 Å². The minimum absolute atomic E-state index is 0.0651. The molecule has 0 bridgehead atoms. The summed E-state index contributed by atoms with van der Waals surface area (Å²) in [7, 11) is 1.65. The second kappa shape index (κ2) is 7.81. The van der Waals surface area contributed by atoms with Crippen LogP contribution >= 0.6 is 0 Å². The molecule has 0 aliphatic carbocycles. The number of nitrogens with zero attached hydrogens (tertiary/aromatic N) is 1. The molecule has 0 spiro atoms. The van der Waals surface area contributed by atoms with Gasteiger partial charge in [-0.1, -0.05) is 18.2 Å². The first-order valence-corrected chi connectivity index (χ1v) is 8.20. The van der Waals surface area contributed by atoms with E-state index in [1.165, 1.54) is 0 Å². The predicted octanol–water partition coefficient (Wildman–Crippen LogP) is 2.39. The molecule has 2 aromatic rings. The highest BCUT2D eigenvalue weighted by atomic mass is 16.5. The van der Waals surface area contributed by atoms with Gasteiger partial charge in [0.15, 0.2) is 11.5 Å². The van der Waals surface area contributed by atoms with Crippen LogP contribution in [-0.2, 0) is 17.6 Å². The summed E-state index contributed by atoms with van der Waals surface area (Å²) >= 11 is 0. The van der Waals surface area contributed by atoms with Crippen molar-refractivity contribution in [3.05, 3.63) is 53.9 Å². The summed E-state index contributed by atoms with van der Waals surface area (Å²) in [5, 5.41) is 3.01. The van der Waals surface area contributed by atoms with Crippen LogP contribution < -0.4 is 14.8 Å². The number of rotatable bonds is 6. The largest absolute Gasteiger partial charge is 0.493 e. The molecular formula is C19H22N2O3. The highest BCUT2D eigenvalue weighted by Crippen LogP contribution is 2.35. The fourth-order valence-electron chi connectivity index (χ4n) is 2.90. The zero-order valence-corrected chi connectivity index (χ0v) is 13.8. The van der Waals surface area contributed by atoms with E-state index in [9.17, 15) is 4.79 Å². The number of fused-ring (bicyclic) bond motifs is 1. The maximum absolute atomic E-state index is 12.0. The number of aromatic nitrogens is 1. The van der Waals surface area contributed by atoms with Gasteiger partial charge in [0.2, 0.25) is 5.91 Å². The smallest absolute Gasteiger partial charge is 0.220 e. The van der Waals surface area contributed by atoms with E-state index in [1.54, 1.807) is 19.5 Å². The number of carbonyl (C=O) groups excluding carboxylic acids is 1. The molecule has 24 heavy (non-hydrogen) atoms. The Morgan fingerprint density at radius 3 is 3.08 bits per heavy atom. The molecule has 1 aliphatic heterocycles. The van der Waals surface area contributed by atoms with E-state index in [1.807, 2.05) is 30.3 Å². The number of ether oxygens (including phenoxy) is 2. The first-order valence-electron chi connectivity index (χ1n) is 8.20. The summed E-state index contributed by atoms with van der Waals surface area (Å²) in [6.45, 7) is 1.22. The van der Waals surface area contributed by atoms with Crippen molar-refractivity contribution in [2.24, 2.45) is 5.92 Å². The Hall–Kier alpha value is -2.56. The Balaban J connectivity index is 1.46. The molecule has 0 saturated heterocycles. The number of amides is 1. The summed E-state index contributed by atoms with van der Waals surface area (Å²) in [5.74, 6) is 1.95. The maximum Gasteiger partial charge on any atom is 0.220 e. The van der Waals surface area contributed by atoms with E-state index in [0.717, 1.165) is 29.0 Å². The third-order valence-electron chi connectivity index (χ3n) is 4.20. The van der Waals surface area contributed by atoms with E-state index in [0.29, 0.717) is 26.0 Å². The van der Waals surface area contributed by atoms with Crippen LogP contribution in [0.5, 0.6) is 11.5 Å². The Bertz CT molecular complexity index is 688. The third kappa shape index (κ3) is 4.04. The average Bonchev–Trinajstić information content (AvgIpc) is 2.64. The lowest BCUT2D eigenvalue weighted by Crippen LogP contribution is -2.35. The minimum atomic E-state index is 0.0651.